The van der Waals surface area contributed by atoms with Gasteiger partial charge in [0.2, 0.25) is 5.78 Å². The first-order chi connectivity index (χ1) is 18.2. The highest BCUT2D eigenvalue weighted by Gasteiger charge is 2.39. The number of nitriles is 1. The first kappa shape index (κ1) is 23.9. The average molecular weight is 480 g/mol. The standard InChI is InChI=1S/C34H25NO2/c35-23-30(34(37)27-19-11-4-12-20-27)32(26-17-9-3-10-18-26)33-29(25-15-7-2-8-16-25)21-28(22-31(33)36)24-13-5-1-6-14-24/h1-20,22,29,33H,21H2/b32-30+/t29-,33-/m0/s1. The number of Topliss-reactive ketones (excluding diaryl/α,β-unsaturated/α-hetero) is 1. The van der Waals surface area contributed by atoms with E-state index in [-0.39, 0.29) is 23.1 Å². The van der Waals surface area contributed by atoms with Gasteiger partial charge in [0, 0.05) is 11.5 Å². The first-order valence-corrected chi connectivity index (χ1v) is 12.3. The topological polar surface area (TPSA) is 57.9 Å². The van der Waals surface area contributed by atoms with Crippen molar-refractivity contribution in [2.75, 3.05) is 0 Å². The number of rotatable bonds is 6. The SMILES string of the molecule is N#C/C(C(=O)c1ccccc1)=C(/c1ccccc1)[C@@H]1C(=O)C=C(c2ccccc2)C[C@H]1c1ccccc1. The van der Waals surface area contributed by atoms with Gasteiger partial charge in [-0.2, -0.15) is 5.26 Å². The number of benzene rings is 4. The van der Waals surface area contributed by atoms with E-state index in [1.54, 1.807) is 30.3 Å². The number of nitrogens with zero attached hydrogens (tertiary/aromatic N) is 1. The van der Waals surface area contributed by atoms with Gasteiger partial charge in [-0.25, -0.2) is 0 Å². The predicted octanol–water partition coefficient (Wildman–Crippen LogP) is 7.30. The molecule has 0 aromatic heterocycles. The maximum atomic E-state index is 14.0. The summed E-state index contributed by atoms with van der Waals surface area (Å²) in [7, 11) is 0. The van der Waals surface area contributed by atoms with Crippen LogP contribution in [0, 0.1) is 17.2 Å². The van der Waals surface area contributed by atoms with Crippen molar-refractivity contribution in [2.45, 2.75) is 12.3 Å². The lowest BCUT2D eigenvalue weighted by molar-refractivity contribution is -0.117. The number of carbonyl (C=O) groups is 2. The lowest BCUT2D eigenvalue weighted by Gasteiger charge is -2.33. The van der Waals surface area contributed by atoms with Gasteiger partial charge in [-0.05, 0) is 40.3 Å². The molecule has 3 heteroatoms. The van der Waals surface area contributed by atoms with Gasteiger partial charge in [-0.1, -0.05) is 121 Å². The molecule has 0 fully saturated rings. The van der Waals surface area contributed by atoms with E-state index < -0.39 is 5.92 Å². The molecule has 178 valence electrons. The summed E-state index contributed by atoms with van der Waals surface area (Å²) in [6.45, 7) is 0. The minimum atomic E-state index is -0.681. The molecule has 2 atom stereocenters. The Kier molecular flexibility index (Phi) is 7.01. The molecule has 0 heterocycles. The molecule has 1 aliphatic carbocycles. The van der Waals surface area contributed by atoms with Gasteiger partial charge in [0.1, 0.15) is 11.6 Å². The van der Waals surface area contributed by atoms with Gasteiger partial charge in [0.25, 0.3) is 0 Å². The van der Waals surface area contributed by atoms with Gasteiger partial charge >= 0.3 is 0 Å². The van der Waals surface area contributed by atoms with Crippen molar-refractivity contribution < 1.29 is 9.59 Å². The molecule has 0 aliphatic heterocycles. The third-order valence-electron chi connectivity index (χ3n) is 6.88. The lowest BCUT2D eigenvalue weighted by atomic mass is 9.68. The molecule has 0 bridgehead atoms. The minimum absolute atomic E-state index is 0.00763. The second-order valence-electron chi connectivity index (χ2n) is 9.10. The summed E-state index contributed by atoms with van der Waals surface area (Å²) in [5.74, 6) is -1.40. The van der Waals surface area contributed by atoms with Crippen LogP contribution in [0.3, 0.4) is 0 Å². The summed E-state index contributed by atoms with van der Waals surface area (Å²) in [6, 6.07) is 40.2. The zero-order valence-electron chi connectivity index (χ0n) is 20.2. The van der Waals surface area contributed by atoms with Crippen LogP contribution in [-0.2, 0) is 4.79 Å². The molecular weight excluding hydrogens is 454 g/mol. The van der Waals surface area contributed by atoms with E-state index in [1.165, 1.54) is 0 Å². The molecule has 1 aliphatic rings. The molecule has 0 spiro atoms. The Balaban J connectivity index is 1.74. The number of hydrogen-bond acceptors (Lipinski definition) is 3. The Morgan fingerprint density at radius 1 is 0.703 bits per heavy atom. The van der Waals surface area contributed by atoms with Crippen molar-refractivity contribution in [2.24, 2.45) is 5.92 Å². The summed E-state index contributed by atoms with van der Waals surface area (Å²) in [5, 5.41) is 10.3. The summed E-state index contributed by atoms with van der Waals surface area (Å²) in [6.07, 6.45) is 2.31. The molecule has 37 heavy (non-hydrogen) atoms. The van der Waals surface area contributed by atoms with E-state index in [9.17, 15) is 14.9 Å². The monoisotopic (exact) mass is 479 g/mol. The zero-order chi connectivity index (χ0) is 25.6. The Morgan fingerprint density at radius 3 is 1.78 bits per heavy atom. The smallest absolute Gasteiger partial charge is 0.203 e. The molecule has 3 nitrogen and oxygen atoms in total. The highest BCUT2D eigenvalue weighted by atomic mass is 16.1. The Labute approximate surface area is 217 Å². The molecule has 0 unspecified atom stereocenters. The molecule has 5 rings (SSSR count). The van der Waals surface area contributed by atoms with Crippen LogP contribution in [0.2, 0.25) is 0 Å². The quantitative estimate of drug-likeness (QED) is 0.166. The van der Waals surface area contributed by atoms with Crippen molar-refractivity contribution in [1.29, 1.82) is 5.26 Å². The van der Waals surface area contributed by atoms with Crippen molar-refractivity contribution in [3.63, 3.8) is 0 Å². The van der Waals surface area contributed by atoms with Crippen LogP contribution in [0.25, 0.3) is 11.1 Å². The molecule has 0 N–H and O–H groups in total. The van der Waals surface area contributed by atoms with Crippen molar-refractivity contribution in [3.05, 3.63) is 155 Å². The fourth-order valence-electron chi connectivity index (χ4n) is 5.15. The molecule has 4 aromatic carbocycles. The molecular formula is C34H25NO2. The maximum Gasteiger partial charge on any atom is 0.203 e. The molecule has 0 amide bonds. The highest BCUT2D eigenvalue weighted by Crippen LogP contribution is 2.46. The van der Waals surface area contributed by atoms with Gasteiger partial charge in [-0.15, -0.1) is 0 Å². The second-order valence-corrected chi connectivity index (χ2v) is 9.10. The third-order valence-corrected chi connectivity index (χ3v) is 6.88. The van der Waals surface area contributed by atoms with Crippen LogP contribution in [0.1, 0.15) is 39.4 Å². The van der Waals surface area contributed by atoms with Crippen LogP contribution < -0.4 is 0 Å². The van der Waals surface area contributed by atoms with Crippen LogP contribution in [0.4, 0.5) is 0 Å². The number of ketones is 2. The van der Waals surface area contributed by atoms with Crippen LogP contribution in [0.5, 0.6) is 0 Å². The second kappa shape index (κ2) is 10.8. The van der Waals surface area contributed by atoms with E-state index in [0.29, 0.717) is 23.1 Å². The summed E-state index contributed by atoms with van der Waals surface area (Å²) < 4.78 is 0. The van der Waals surface area contributed by atoms with E-state index in [0.717, 1.165) is 16.7 Å². The first-order valence-electron chi connectivity index (χ1n) is 12.3. The van der Waals surface area contributed by atoms with Crippen LogP contribution in [0.15, 0.2) is 133 Å². The van der Waals surface area contributed by atoms with Crippen molar-refractivity contribution in [1.82, 2.24) is 0 Å². The Bertz CT molecular complexity index is 1510. The van der Waals surface area contributed by atoms with E-state index in [1.807, 2.05) is 97.1 Å². The number of hydrogen-bond donors (Lipinski definition) is 0. The fraction of sp³-hybridized carbons (Fsp3) is 0.0882. The van der Waals surface area contributed by atoms with Gasteiger partial charge in [-0.3, -0.25) is 9.59 Å². The normalized spacial score (nSPS) is 17.8. The maximum absolute atomic E-state index is 14.0. The largest absolute Gasteiger partial charge is 0.294 e. The number of allylic oxidation sites excluding steroid dienone is 4. The lowest BCUT2D eigenvalue weighted by Crippen LogP contribution is -2.28. The van der Waals surface area contributed by atoms with Crippen molar-refractivity contribution in [3.8, 4) is 6.07 Å². The van der Waals surface area contributed by atoms with Crippen LogP contribution in [-0.4, -0.2) is 11.6 Å². The molecule has 4 aromatic rings. The fourth-order valence-corrected chi connectivity index (χ4v) is 5.15. The summed E-state index contributed by atoms with van der Waals surface area (Å²) in [5.41, 5.74) is 4.58. The predicted molar refractivity (Wildman–Crippen MR) is 146 cm³/mol. The van der Waals surface area contributed by atoms with Gasteiger partial charge < -0.3 is 0 Å². The zero-order valence-corrected chi connectivity index (χ0v) is 20.2. The van der Waals surface area contributed by atoms with E-state index in [2.05, 4.69) is 6.07 Å². The van der Waals surface area contributed by atoms with Gasteiger partial charge in [0.05, 0.1) is 5.92 Å². The van der Waals surface area contributed by atoms with Gasteiger partial charge in [0.15, 0.2) is 5.78 Å². The Hall–Kier alpha value is -4.81. The molecule has 0 saturated carbocycles. The molecule has 0 radical (unpaired) electrons. The van der Waals surface area contributed by atoms with Crippen molar-refractivity contribution >= 4 is 22.7 Å². The Morgan fingerprint density at radius 2 is 1.22 bits per heavy atom. The third kappa shape index (κ3) is 4.96. The summed E-state index contributed by atoms with van der Waals surface area (Å²) >= 11 is 0. The minimum Gasteiger partial charge on any atom is -0.294 e. The van der Waals surface area contributed by atoms with Crippen LogP contribution >= 0.6 is 0 Å². The van der Waals surface area contributed by atoms with E-state index in [4.69, 9.17) is 0 Å². The molecule has 0 saturated heterocycles. The number of carbonyl (C=O) groups excluding carboxylic acids is 2. The average Bonchev–Trinajstić information content (AvgIpc) is 2.97. The summed E-state index contributed by atoms with van der Waals surface area (Å²) in [4.78, 5) is 27.7. The van der Waals surface area contributed by atoms with E-state index >= 15 is 0 Å². The highest BCUT2D eigenvalue weighted by molar-refractivity contribution is 6.19.